The van der Waals surface area contributed by atoms with Crippen LogP contribution in [-0.4, -0.2) is 24.2 Å². The zero-order chi connectivity index (χ0) is 12.7. The Labute approximate surface area is 100.0 Å². The summed E-state index contributed by atoms with van der Waals surface area (Å²) in [5.41, 5.74) is 0.635. The fourth-order valence-corrected chi connectivity index (χ4v) is 1.18. The molecule has 1 unspecified atom stereocenters. The Kier molecular flexibility index (Phi) is 5.36. The van der Waals surface area contributed by atoms with Crippen molar-refractivity contribution in [1.82, 2.24) is 5.32 Å². The summed E-state index contributed by atoms with van der Waals surface area (Å²) in [5, 5.41) is 11.4. The Morgan fingerprint density at radius 3 is 3.00 bits per heavy atom. The van der Waals surface area contributed by atoms with E-state index in [1.54, 1.807) is 18.2 Å². The minimum absolute atomic E-state index is 0.0292. The predicted octanol–water partition coefficient (Wildman–Crippen LogP) is 1.58. The number of rotatable bonds is 5. The van der Waals surface area contributed by atoms with Crippen LogP contribution in [0.4, 0.5) is 4.39 Å². The highest BCUT2D eigenvalue weighted by atomic mass is 19.1. The first-order valence-electron chi connectivity index (χ1n) is 5.44. The van der Waals surface area contributed by atoms with Gasteiger partial charge in [-0.05, 0) is 29.7 Å². The fraction of sp³-hybridized carbons (Fsp3) is 0.308. The van der Waals surface area contributed by atoms with E-state index >= 15 is 0 Å². The van der Waals surface area contributed by atoms with Gasteiger partial charge in [0, 0.05) is 19.2 Å². The molecule has 0 saturated carbocycles. The van der Waals surface area contributed by atoms with Gasteiger partial charge in [0.2, 0.25) is 5.91 Å². The van der Waals surface area contributed by atoms with Gasteiger partial charge < -0.3 is 10.4 Å². The molecular formula is C13H16FNO2. The van der Waals surface area contributed by atoms with E-state index in [4.69, 9.17) is 5.11 Å². The third-order valence-electron chi connectivity index (χ3n) is 2.21. The summed E-state index contributed by atoms with van der Waals surface area (Å²) in [6, 6.07) is 5.99. The standard InChI is InChI=1S/C13H16FNO2/c1-10(9-16)8-15-13(17)6-5-11-3-2-4-12(14)7-11/h2-7,10,16H,8-9H2,1H3,(H,15,17). The lowest BCUT2D eigenvalue weighted by Crippen LogP contribution is -2.27. The number of nitrogens with one attached hydrogen (secondary N) is 1. The summed E-state index contributed by atoms with van der Waals surface area (Å²) in [6.45, 7) is 2.29. The van der Waals surface area contributed by atoms with Gasteiger partial charge in [-0.25, -0.2) is 4.39 Å². The molecule has 17 heavy (non-hydrogen) atoms. The van der Waals surface area contributed by atoms with Gasteiger partial charge in [-0.2, -0.15) is 0 Å². The molecule has 1 aromatic carbocycles. The van der Waals surface area contributed by atoms with Gasteiger partial charge in [0.15, 0.2) is 0 Å². The number of hydrogen-bond acceptors (Lipinski definition) is 2. The summed E-state index contributed by atoms with van der Waals surface area (Å²) in [6.07, 6.45) is 2.89. The summed E-state index contributed by atoms with van der Waals surface area (Å²) in [4.78, 5) is 11.3. The van der Waals surface area contributed by atoms with E-state index in [9.17, 15) is 9.18 Å². The maximum Gasteiger partial charge on any atom is 0.244 e. The molecule has 92 valence electrons. The van der Waals surface area contributed by atoms with Crippen LogP contribution in [0.5, 0.6) is 0 Å². The first kappa shape index (κ1) is 13.4. The van der Waals surface area contributed by atoms with E-state index in [0.717, 1.165) is 0 Å². The number of aliphatic hydroxyl groups excluding tert-OH is 1. The minimum atomic E-state index is -0.332. The average molecular weight is 237 g/mol. The number of hydrogen-bond donors (Lipinski definition) is 2. The van der Waals surface area contributed by atoms with Crippen molar-refractivity contribution in [3.8, 4) is 0 Å². The average Bonchev–Trinajstić information content (AvgIpc) is 2.33. The second-order valence-corrected chi connectivity index (χ2v) is 3.92. The summed E-state index contributed by atoms with van der Waals surface area (Å²) in [7, 11) is 0. The summed E-state index contributed by atoms with van der Waals surface area (Å²) < 4.78 is 12.8. The van der Waals surface area contributed by atoms with Crippen LogP contribution in [0.25, 0.3) is 6.08 Å². The Morgan fingerprint density at radius 1 is 1.59 bits per heavy atom. The van der Waals surface area contributed by atoms with Gasteiger partial charge in [-0.15, -0.1) is 0 Å². The third kappa shape index (κ3) is 5.26. The molecule has 1 rings (SSSR count). The smallest absolute Gasteiger partial charge is 0.244 e. The van der Waals surface area contributed by atoms with Crippen molar-refractivity contribution in [2.45, 2.75) is 6.92 Å². The van der Waals surface area contributed by atoms with Crippen molar-refractivity contribution in [2.24, 2.45) is 5.92 Å². The number of carbonyl (C=O) groups is 1. The molecule has 0 heterocycles. The van der Waals surface area contributed by atoms with Crippen LogP contribution in [0.1, 0.15) is 12.5 Å². The quantitative estimate of drug-likeness (QED) is 0.764. The molecule has 1 aromatic rings. The summed E-state index contributed by atoms with van der Waals surface area (Å²) >= 11 is 0. The second kappa shape index (κ2) is 6.81. The Balaban J connectivity index is 2.45. The lowest BCUT2D eigenvalue weighted by Gasteiger charge is -2.07. The maximum atomic E-state index is 12.8. The first-order valence-corrected chi connectivity index (χ1v) is 5.44. The molecule has 0 saturated heterocycles. The molecule has 0 aliphatic rings. The predicted molar refractivity (Wildman–Crippen MR) is 64.7 cm³/mol. The zero-order valence-electron chi connectivity index (χ0n) is 9.69. The molecule has 0 bridgehead atoms. The Hall–Kier alpha value is -1.68. The van der Waals surface area contributed by atoms with Crippen molar-refractivity contribution in [2.75, 3.05) is 13.2 Å². The van der Waals surface area contributed by atoms with Crippen molar-refractivity contribution >= 4 is 12.0 Å². The van der Waals surface area contributed by atoms with Gasteiger partial charge in [0.05, 0.1) is 0 Å². The van der Waals surface area contributed by atoms with Gasteiger partial charge in [0.1, 0.15) is 5.82 Å². The van der Waals surface area contributed by atoms with Gasteiger partial charge in [0.25, 0.3) is 0 Å². The van der Waals surface area contributed by atoms with Crippen molar-refractivity contribution in [3.05, 3.63) is 41.7 Å². The molecule has 4 heteroatoms. The molecular weight excluding hydrogens is 221 g/mol. The van der Waals surface area contributed by atoms with Crippen molar-refractivity contribution < 1.29 is 14.3 Å². The SMILES string of the molecule is CC(CO)CNC(=O)C=Cc1cccc(F)c1. The summed E-state index contributed by atoms with van der Waals surface area (Å²) in [5.74, 6) is -0.558. The van der Waals surface area contributed by atoms with Gasteiger partial charge >= 0.3 is 0 Å². The van der Waals surface area contributed by atoms with Crippen molar-refractivity contribution in [1.29, 1.82) is 0 Å². The molecule has 0 aliphatic carbocycles. The highest BCUT2D eigenvalue weighted by Crippen LogP contribution is 2.05. The number of halogens is 1. The Morgan fingerprint density at radius 2 is 2.35 bits per heavy atom. The fourth-order valence-electron chi connectivity index (χ4n) is 1.18. The Bertz CT molecular complexity index is 404. The van der Waals surface area contributed by atoms with E-state index in [-0.39, 0.29) is 24.2 Å². The second-order valence-electron chi connectivity index (χ2n) is 3.92. The molecule has 0 spiro atoms. The maximum absolute atomic E-state index is 12.8. The molecule has 0 aliphatic heterocycles. The van der Waals surface area contributed by atoms with Crippen LogP contribution < -0.4 is 5.32 Å². The zero-order valence-corrected chi connectivity index (χ0v) is 9.69. The molecule has 0 radical (unpaired) electrons. The first-order chi connectivity index (χ1) is 8.11. The molecule has 3 nitrogen and oxygen atoms in total. The van der Waals surface area contributed by atoms with E-state index in [1.807, 2.05) is 6.92 Å². The van der Waals surface area contributed by atoms with E-state index < -0.39 is 0 Å². The van der Waals surface area contributed by atoms with Gasteiger partial charge in [-0.1, -0.05) is 19.1 Å². The molecule has 1 atom stereocenters. The van der Waals surface area contributed by atoms with E-state index in [1.165, 1.54) is 18.2 Å². The monoisotopic (exact) mass is 237 g/mol. The van der Waals surface area contributed by atoms with Crippen LogP contribution in [0.2, 0.25) is 0 Å². The lowest BCUT2D eigenvalue weighted by atomic mass is 10.2. The third-order valence-corrected chi connectivity index (χ3v) is 2.21. The number of benzene rings is 1. The van der Waals surface area contributed by atoms with Crippen LogP contribution >= 0.6 is 0 Å². The molecule has 0 aromatic heterocycles. The van der Waals surface area contributed by atoms with Crippen LogP contribution in [0.15, 0.2) is 30.3 Å². The topological polar surface area (TPSA) is 49.3 Å². The van der Waals surface area contributed by atoms with Crippen LogP contribution in [-0.2, 0) is 4.79 Å². The van der Waals surface area contributed by atoms with Crippen LogP contribution in [0, 0.1) is 11.7 Å². The number of carbonyl (C=O) groups excluding carboxylic acids is 1. The largest absolute Gasteiger partial charge is 0.396 e. The molecule has 2 N–H and O–H groups in total. The van der Waals surface area contributed by atoms with E-state index in [2.05, 4.69) is 5.32 Å². The van der Waals surface area contributed by atoms with Crippen LogP contribution in [0.3, 0.4) is 0 Å². The highest BCUT2D eigenvalue weighted by molar-refractivity contribution is 5.91. The van der Waals surface area contributed by atoms with E-state index in [0.29, 0.717) is 12.1 Å². The molecule has 0 fully saturated rings. The van der Waals surface area contributed by atoms with Gasteiger partial charge in [-0.3, -0.25) is 4.79 Å². The lowest BCUT2D eigenvalue weighted by molar-refractivity contribution is -0.116. The number of aliphatic hydroxyl groups is 1. The number of amides is 1. The molecule has 1 amide bonds. The normalized spacial score (nSPS) is 12.6. The minimum Gasteiger partial charge on any atom is -0.396 e. The van der Waals surface area contributed by atoms with Crippen molar-refractivity contribution in [3.63, 3.8) is 0 Å². The highest BCUT2D eigenvalue weighted by Gasteiger charge is 2.01.